The Kier molecular flexibility index (Phi) is 9.26. The van der Waals surface area contributed by atoms with E-state index in [1.807, 2.05) is 30.3 Å². The van der Waals surface area contributed by atoms with Gasteiger partial charge >= 0.3 is 24.2 Å². The third kappa shape index (κ3) is 7.97. The smallest absolute Gasteiger partial charge is 0.358 e. The van der Waals surface area contributed by atoms with E-state index in [4.69, 9.17) is 12.2 Å². The van der Waals surface area contributed by atoms with Crippen molar-refractivity contribution in [1.82, 2.24) is 10.8 Å². The SMILES string of the molecule is O=S(=O)(ONCCc1ccccc1)S(=O)(=O)c1ccc(NC(=S)NCc2ccc(C(F)(F)F)cc2)cc1. The molecule has 37 heavy (non-hydrogen) atoms. The van der Waals surface area contributed by atoms with Crippen LogP contribution in [-0.2, 0) is 41.4 Å². The summed E-state index contributed by atoms with van der Waals surface area (Å²) in [4.78, 5) is -0.508. The van der Waals surface area contributed by atoms with Crippen LogP contribution in [0.3, 0.4) is 0 Å². The topological polar surface area (TPSA) is 114 Å². The summed E-state index contributed by atoms with van der Waals surface area (Å²) in [5.74, 6) is 0. The van der Waals surface area contributed by atoms with E-state index in [2.05, 4.69) is 20.4 Å². The van der Waals surface area contributed by atoms with Crippen LogP contribution in [0, 0.1) is 0 Å². The molecule has 0 bridgehead atoms. The first-order chi connectivity index (χ1) is 17.4. The third-order valence-corrected chi connectivity index (χ3v) is 9.27. The molecule has 0 aromatic heterocycles. The van der Waals surface area contributed by atoms with E-state index in [1.165, 1.54) is 24.3 Å². The van der Waals surface area contributed by atoms with Gasteiger partial charge in [-0.25, -0.2) is 8.42 Å². The first kappa shape index (κ1) is 28.5. The van der Waals surface area contributed by atoms with Crippen LogP contribution in [0.2, 0.25) is 0 Å². The summed E-state index contributed by atoms with van der Waals surface area (Å²) in [5, 5.41) is 5.71. The lowest BCUT2D eigenvalue weighted by Gasteiger charge is -2.12. The molecule has 0 aliphatic carbocycles. The average molecular weight is 574 g/mol. The fourth-order valence-corrected chi connectivity index (χ4v) is 5.66. The number of halogens is 3. The lowest BCUT2D eigenvalue weighted by Crippen LogP contribution is -2.28. The van der Waals surface area contributed by atoms with Crippen molar-refractivity contribution >= 4 is 41.0 Å². The third-order valence-electron chi connectivity index (χ3n) is 4.92. The molecule has 3 aromatic carbocycles. The molecule has 14 heteroatoms. The maximum Gasteiger partial charge on any atom is 0.416 e. The highest BCUT2D eigenvalue weighted by Gasteiger charge is 2.33. The zero-order valence-corrected chi connectivity index (χ0v) is 21.5. The van der Waals surface area contributed by atoms with E-state index in [1.54, 1.807) is 0 Å². The van der Waals surface area contributed by atoms with Crippen LogP contribution < -0.4 is 16.1 Å². The molecule has 0 unspecified atom stereocenters. The molecule has 0 saturated carbocycles. The number of hydroxylamine groups is 1. The summed E-state index contributed by atoms with van der Waals surface area (Å²) in [6.45, 7) is 0.210. The Morgan fingerprint density at radius 2 is 1.46 bits per heavy atom. The van der Waals surface area contributed by atoms with Gasteiger partial charge in [0, 0.05) is 18.8 Å². The van der Waals surface area contributed by atoms with Crippen LogP contribution in [0.15, 0.2) is 83.8 Å². The zero-order valence-electron chi connectivity index (χ0n) is 19.0. The Bertz CT molecular complexity index is 1410. The Hall–Kier alpha value is -3.04. The Morgan fingerprint density at radius 3 is 2.05 bits per heavy atom. The Morgan fingerprint density at radius 1 is 0.838 bits per heavy atom. The number of alkyl halides is 3. The summed E-state index contributed by atoms with van der Waals surface area (Å²) < 4.78 is 91.9. The highest BCUT2D eigenvalue weighted by atomic mass is 33.2. The molecule has 0 spiro atoms. The standard InChI is InChI=1S/C23H22F3N3O5S3/c24-23(25,26)19-8-6-18(7-9-19)16-27-22(35)29-20-10-12-21(13-11-20)36(30,31)37(32,33)34-28-15-14-17-4-2-1-3-5-17/h1-13,28H,14-16H2,(H2,27,29,35). The summed E-state index contributed by atoms with van der Waals surface area (Å²) in [6, 6.07) is 18.4. The van der Waals surface area contributed by atoms with E-state index < -0.39 is 34.7 Å². The van der Waals surface area contributed by atoms with Gasteiger partial charge in [0.15, 0.2) is 5.11 Å². The number of nitrogens with one attached hydrogen (secondary N) is 3. The molecular formula is C23H22F3N3O5S3. The van der Waals surface area contributed by atoms with Crippen LogP contribution >= 0.6 is 12.2 Å². The molecule has 0 heterocycles. The van der Waals surface area contributed by atoms with Gasteiger partial charge in [-0.3, -0.25) is 0 Å². The monoisotopic (exact) mass is 573 g/mol. The second kappa shape index (κ2) is 12.0. The van der Waals surface area contributed by atoms with Crippen molar-refractivity contribution < 1.29 is 34.3 Å². The van der Waals surface area contributed by atoms with Gasteiger partial charge in [0.05, 0.1) is 10.5 Å². The number of hydrogen-bond acceptors (Lipinski definition) is 7. The van der Waals surface area contributed by atoms with Crippen LogP contribution in [0.5, 0.6) is 0 Å². The molecule has 3 rings (SSSR count). The maximum atomic E-state index is 12.6. The molecule has 3 N–H and O–H groups in total. The summed E-state index contributed by atoms with van der Waals surface area (Å²) in [7, 11) is -9.88. The second-order valence-electron chi connectivity index (χ2n) is 7.60. The fourth-order valence-electron chi connectivity index (χ4n) is 2.99. The summed E-state index contributed by atoms with van der Waals surface area (Å²) in [6.07, 6.45) is -4.00. The van der Waals surface area contributed by atoms with Crippen molar-refractivity contribution in [3.05, 3.63) is 95.6 Å². The molecule has 198 valence electrons. The lowest BCUT2D eigenvalue weighted by atomic mass is 10.1. The van der Waals surface area contributed by atoms with Gasteiger partial charge in [0.1, 0.15) is 0 Å². The van der Waals surface area contributed by atoms with E-state index in [-0.39, 0.29) is 18.2 Å². The zero-order chi connectivity index (χ0) is 27.1. The van der Waals surface area contributed by atoms with E-state index in [0.29, 0.717) is 17.7 Å². The molecule has 0 aliphatic rings. The van der Waals surface area contributed by atoms with Gasteiger partial charge in [0.25, 0.3) is 0 Å². The Balaban J connectivity index is 1.52. The molecule has 3 aromatic rings. The minimum atomic E-state index is -5.02. The molecule has 0 radical (unpaired) electrons. The van der Waals surface area contributed by atoms with Crippen molar-refractivity contribution in [2.75, 3.05) is 11.9 Å². The van der Waals surface area contributed by atoms with Gasteiger partial charge in [-0.15, -0.1) is 0 Å². The van der Waals surface area contributed by atoms with Crippen LogP contribution in [0.4, 0.5) is 18.9 Å². The van der Waals surface area contributed by atoms with Crippen LogP contribution in [0.25, 0.3) is 0 Å². The molecule has 0 amide bonds. The number of benzene rings is 3. The van der Waals surface area contributed by atoms with Crippen LogP contribution in [0.1, 0.15) is 16.7 Å². The minimum absolute atomic E-state index is 0.0680. The van der Waals surface area contributed by atoms with Gasteiger partial charge in [-0.2, -0.15) is 31.4 Å². The highest BCUT2D eigenvalue weighted by Crippen LogP contribution is 2.29. The fraction of sp³-hybridized carbons (Fsp3) is 0.174. The first-order valence-corrected chi connectivity index (χ1v) is 14.5. The molecule has 0 saturated heterocycles. The summed E-state index contributed by atoms with van der Waals surface area (Å²) in [5.41, 5.74) is 3.22. The van der Waals surface area contributed by atoms with Crippen molar-refractivity contribution in [2.45, 2.75) is 24.0 Å². The number of rotatable bonds is 10. The van der Waals surface area contributed by atoms with Gasteiger partial charge < -0.3 is 10.6 Å². The van der Waals surface area contributed by atoms with E-state index >= 15 is 0 Å². The minimum Gasteiger partial charge on any atom is -0.358 e. The van der Waals surface area contributed by atoms with Crippen molar-refractivity contribution in [3.63, 3.8) is 0 Å². The number of hydrogen-bond donors (Lipinski definition) is 3. The number of anilines is 1. The van der Waals surface area contributed by atoms with Crippen molar-refractivity contribution in [2.24, 2.45) is 0 Å². The largest absolute Gasteiger partial charge is 0.416 e. The van der Waals surface area contributed by atoms with Crippen molar-refractivity contribution in [1.29, 1.82) is 0 Å². The van der Waals surface area contributed by atoms with E-state index in [0.717, 1.165) is 29.8 Å². The van der Waals surface area contributed by atoms with Crippen molar-refractivity contribution in [3.8, 4) is 0 Å². The van der Waals surface area contributed by atoms with E-state index in [9.17, 15) is 30.0 Å². The van der Waals surface area contributed by atoms with Gasteiger partial charge in [-0.1, -0.05) is 42.5 Å². The summed E-state index contributed by atoms with van der Waals surface area (Å²) >= 11 is 5.14. The second-order valence-corrected chi connectivity index (χ2v) is 12.9. The highest BCUT2D eigenvalue weighted by molar-refractivity contribution is 8.65. The molecule has 0 atom stereocenters. The Labute approximate surface area is 217 Å². The molecule has 0 aliphatic heterocycles. The first-order valence-electron chi connectivity index (χ1n) is 10.6. The predicted octanol–water partition coefficient (Wildman–Crippen LogP) is 3.97. The normalized spacial score (nSPS) is 12.2. The lowest BCUT2D eigenvalue weighted by molar-refractivity contribution is -0.137. The maximum absolute atomic E-state index is 12.6. The molecular weight excluding hydrogens is 551 g/mol. The molecule has 0 fully saturated rings. The molecule has 8 nitrogen and oxygen atoms in total. The van der Waals surface area contributed by atoms with Gasteiger partial charge in [0.2, 0.25) is 0 Å². The average Bonchev–Trinajstić information content (AvgIpc) is 2.86. The van der Waals surface area contributed by atoms with Crippen LogP contribution in [-0.4, -0.2) is 28.5 Å². The van der Waals surface area contributed by atoms with Gasteiger partial charge in [-0.05, 0) is 66.2 Å². The number of thiocarbonyl (C=S) groups is 1. The predicted molar refractivity (Wildman–Crippen MR) is 136 cm³/mol. The quantitative estimate of drug-likeness (QED) is 0.144.